The maximum absolute atomic E-state index is 13.1. The SMILES string of the molecule is N#Cc1ccc(S(=O)(=O)N2CC(S(=O)(=O)c3ccc(Br)cn3)[C@@](O)(CO)C2)c(Cl)c1. The standard InChI is InChI=1S/C17H15BrClN3O6S2/c18-12-2-4-16(21-7-12)29(25,26)15-8-22(9-17(15,24)10-23)30(27,28)14-3-1-11(6-20)5-13(14)19/h1-5,7,15,23-24H,8-10H2/t15?,17-/m0/s1. The first-order valence-corrected chi connectivity index (χ1v) is 12.5. The van der Waals surface area contributed by atoms with Crippen molar-refractivity contribution >= 4 is 47.4 Å². The fraction of sp³-hybridized carbons (Fsp3) is 0.294. The van der Waals surface area contributed by atoms with Crippen LogP contribution in [0.15, 0.2) is 50.9 Å². The second-order valence-electron chi connectivity index (χ2n) is 6.66. The van der Waals surface area contributed by atoms with E-state index in [0.29, 0.717) is 4.47 Å². The van der Waals surface area contributed by atoms with E-state index in [2.05, 4.69) is 20.9 Å². The molecule has 1 aliphatic rings. The predicted molar refractivity (Wildman–Crippen MR) is 110 cm³/mol. The molecule has 2 heterocycles. The lowest BCUT2D eigenvalue weighted by Gasteiger charge is -2.26. The van der Waals surface area contributed by atoms with E-state index in [4.69, 9.17) is 16.9 Å². The average molecular weight is 537 g/mol. The van der Waals surface area contributed by atoms with Crippen LogP contribution in [-0.2, 0) is 19.9 Å². The van der Waals surface area contributed by atoms with Gasteiger partial charge in [-0.3, -0.25) is 0 Å². The van der Waals surface area contributed by atoms with Crippen molar-refractivity contribution in [2.75, 3.05) is 19.7 Å². The van der Waals surface area contributed by atoms with Gasteiger partial charge in [0.25, 0.3) is 0 Å². The molecule has 3 rings (SSSR count). The lowest BCUT2D eigenvalue weighted by atomic mass is 10.1. The van der Waals surface area contributed by atoms with Gasteiger partial charge in [0.2, 0.25) is 19.9 Å². The molecule has 1 unspecified atom stereocenters. The van der Waals surface area contributed by atoms with E-state index >= 15 is 0 Å². The van der Waals surface area contributed by atoms with Gasteiger partial charge >= 0.3 is 0 Å². The molecule has 0 spiro atoms. The van der Waals surface area contributed by atoms with Gasteiger partial charge in [0.15, 0.2) is 5.03 Å². The summed E-state index contributed by atoms with van der Waals surface area (Å²) in [5, 5.41) is 27.2. The van der Waals surface area contributed by atoms with Gasteiger partial charge in [0.05, 0.1) is 23.3 Å². The molecule has 2 aromatic rings. The summed E-state index contributed by atoms with van der Waals surface area (Å²) in [5.41, 5.74) is -2.10. The Kier molecular flexibility index (Phi) is 6.28. The van der Waals surface area contributed by atoms with Crippen molar-refractivity contribution in [1.82, 2.24) is 9.29 Å². The highest BCUT2D eigenvalue weighted by Crippen LogP contribution is 2.35. The molecule has 1 saturated heterocycles. The third kappa shape index (κ3) is 3.99. The number of benzene rings is 1. The summed E-state index contributed by atoms with van der Waals surface area (Å²) in [4.78, 5) is 3.48. The molecule has 2 N–H and O–H groups in total. The normalized spacial score (nSPS) is 22.7. The molecule has 160 valence electrons. The quantitative estimate of drug-likeness (QED) is 0.573. The zero-order valence-corrected chi connectivity index (χ0v) is 19.1. The van der Waals surface area contributed by atoms with Crippen molar-refractivity contribution < 1.29 is 27.0 Å². The predicted octanol–water partition coefficient (Wildman–Crippen LogP) is 0.939. The molecule has 0 saturated carbocycles. The van der Waals surface area contributed by atoms with Crippen molar-refractivity contribution in [3.63, 3.8) is 0 Å². The molecule has 0 radical (unpaired) electrons. The Hall–Kier alpha value is -1.59. The van der Waals surface area contributed by atoms with E-state index in [1.54, 1.807) is 0 Å². The second-order valence-corrected chi connectivity index (χ2v) is 12.0. The highest BCUT2D eigenvalue weighted by Gasteiger charge is 2.55. The number of hydrogen-bond acceptors (Lipinski definition) is 8. The van der Waals surface area contributed by atoms with Gasteiger partial charge in [-0.05, 0) is 46.3 Å². The topological polar surface area (TPSA) is 149 Å². The van der Waals surface area contributed by atoms with Crippen LogP contribution >= 0.6 is 27.5 Å². The Morgan fingerprint density at radius 2 is 2.00 bits per heavy atom. The van der Waals surface area contributed by atoms with E-state index in [1.165, 1.54) is 30.5 Å². The first kappa shape index (κ1) is 23.1. The molecule has 13 heteroatoms. The van der Waals surface area contributed by atoms with Crippen LogP contribution in [0.1, 0.15) is 5.56 Å². The Morgan fingerprint density at radius 3 is 2.53 bits per heavy atom. The van der Waals surface area contributed by atoms with Gasteiger partial charge < -0.3 is 10.2 Å². The monoisotopic (exact) mass is 535 g/mol. The molecule has 0 bridgehead atoms. The van der Waals surface area contributed by atoms with Crippen molar-refractivity contribution in [3.05, 3.63) is 51.6 Å². The van der Waals surface area contributed by atoms with Gasteiger partial charge in [0.1, 0.15) is 15.7 Å². The van der Waals surface area contributed by atoms with Gasteiger partial charge in [-0.15, -0.1) is 0 Å². The lowest BCUT2D eigenvalue weighted by molar-refractivity contribution is 0.00156. The molecule has 1 aromatic carbocycles. The highest BCUT2D eigenvalue weighted by molar-refractivity contribution is 9.10. The maximum atomic E-state index is 13.1. The van der Waals surface area contributed by atoms with Crippen LogP contribution in [0.3, 0.4) is 0 Å². The van der Waals surface area contributed by atoms with E-state index in [9.17, 15) is 27.0 Å². The number of rotatable bonds is 5. The molecule has 30 heavy (non-hydrogen) atoms. The summed E-state index contributed by atoms with van der Waals surface area (Å²) in [7, 11) is -8.62. The molecular formula is C17H15BrClN3O6S2. The molecule has 0 amide bonds. The highest BCUT2D eigenvalue weighted by atomic mass is 79.9. The van der Waals surface area contributed by atoms with E-state index < -0.39 is 50.4 Å². The van der Waals surface area contributed by atoms with Gasteiger partial charge in [-0.25, -0.2) is 21.8 Å². The minimum atomic E-state index is -4.33. The van der Waals surface area contributed by atoms with Gasteiger partial charge in [-0.2, -0.15) is 9.57 Å². The summed E-state index contributed by atoms with van der Waals surface area (Å²) in [6.07, 6.45) is 1.25. The third-order valence-electron chi connectivity index (χ3n) is 4.74. The van der Waals surface area contributed by atoms with Crippen molar-refractivity contribution in [3.8, 4) is 6.07 Å². The average Bonchev–Trinajstić information content (AvgIpc) is 3.08. The van der Waals surface area contributed by atoms with Crippen LogP contribution in [0.25, 0.3) is 0 Å². The van der Waals surface area contributed by atoms with E-state index in [1.807, 2.05) is 6.07 Å². The number of aliphatic hydroxyl groups excluding tert-OH is 1. The summed E-state index contributed by atoms with van der Waals surface area (Å²) >= 11 is 9.15. The zero-order chi connectivity index (χ0) is 22.3. The molecule has 1 fully saturated rings. The van der Waals surface area contributed by atoms with Crippen LogP contribution in [0.2, 0.25) is 5.02 Å². The molecule has 9 nitrogen and oxygen atoms in total. The van der Waals surface area contributed by atoms with E-state index in [0.717, 1.165) is 10.4 Å². The van der Waals surface area contributed by atoms with Crippen molar-refractivity contribution in [2.45, 2.75) is 20.8 Å². The van der Waals surface area contributed by atoms with Crippen LogP contribution in [-0.4, -0.2) is 66.9 Å². The Balaban J connectivity index is 2.02. The minimum Gasteiger partial charge on any atom is -0.393 e. The number of halogens is 2. The summed E-state index contributed by atoms with van der Waals surface area (Å²) in [6.45, 7) is -2.26. The molecular weight excluding hydrogens is 522 g/mol. The number of pyridine rings is 1. The molecule has 0 aliphatic carbocycles. The van der Waals surface area contributed by atoms with Crippen molar-refractivity contribution in [1.29, 1.82) is 5.26 Å². The number of hydrogen-bond donors (Lipinski definition) is 2. The summed E-state index contributed by atoms with van der Waals surface area (Å²) < 4.78 is 53.5. The van der Waals surface area contributed by atoms with Crippen molar-refractivity contribution in [2.24, 2.45) is 0 Å². The van der Waals surface area contributed by atoms with Gasteiger partial charge in [0, 0.05) is 23.8 Å². The fourth-order valence-electron chi connectivity index (χ4n) is 3.14. The van der Waals surface area contributed by atoms with Crippen LogP contribution in [0.5, 0.6) is 0 Å². The Bertz CT molecular complexity index is 1230. The Morgan fingerprint density at radius 1 is 1.30 bits per heavy atom. The zero-order valence-electron chi connectivity index (χ0n) is 15.1. The number of nitrogens with zero attached hydrogens (tertiary/aromatic N) is 3. The smallest absolute Gasteiger partial charge is 0.244 e. The number of sulfone groups is 1. The number of sulfonamides is 1. The largest absolute Gasteiger partial charge is 0.393 e. The van der Waals surface area contributed by atoms with Gasteiger partial charge in [-0.1, -0.05) is 11.6 Å². The number of aliphatic hydroxyl groups is 2. The Labute approximate surface area is 186 Å². The molecule has 2 atom stereocenters. The fourth-order valence-corrected chi connectivity index (χ4v) is 7.36. The minimum absolute atomic E-state index is 0.147. The maximum Gasteiger partial charge on any atom is 0.244 e. The number of β-amino-alcohol motifs (C(OH)–C–C–N with tert-alkyl or cyclic N) is 1. The molecule has 1 aromatic heterocycles. The van der Waals surface area contributed by atoms with Crippen LogP contribution in [0, 0.1) is 11.3 Å². The summed E-state index contributed by atoms with van der Waals surface area (Å²) in [5.74, 6) is 0. The van der Waals surface area contributed by atoms with Crippen LogP contribution < -0.4 is 0 Å². The second kappa shape index (κ2) is 8.16. The molecule has 1 aliphatic heterocycles. The van der Waals surface area contributed by atoms with E-state index in [-0.39, 0.29) is 20.5 Å². The first-order chi connectivity index (χ1) is 14.0. The lowest BCUT2D eigenvalue weighted by Crippen LogP contribution is -2.49. The number of nitriles is 1. The van der Waals surface area contributed by atoms with Crippen LogP contribution in [0.4, 0.5) is 0 Å². The third-order valence-corrected chi connectivity index (χ3v) is 9.66. The first-order valence-electron chi connectivity index (χ1n) is 8.34. The summed E-state index contributed by atoms with van der Waals surface area (Å²) in [6, 6.07) is 8.05. The number of aromatic nitrogens is 1.